The van der Waals surface area contributed by atoms with Gasteiger partial charge in [0.2, 0.25) is 0 Å². The second kappa shape index (κ2) is 3.37. The molecule has 3 aliphatic heterocycles. The molecule has 3 heterocycles. The van der Waals surface area contributed by atoms with Crippen LogP contribution in [0, 0.1) is 0 Å². The molecule has 3 nitrogen and oxygen atoms in total. The Labute approximate surface area is 99.9 Å². The maximum absolute atomic E-state index is 11.6. The molecule has 2 atom stereocenters. The molecule has 0 saturated carbocycles. The van der Waals surface area contributed by atoms with Crippen LogP contribution in [-0.4, -0.2) is 32.0 Å². The minimum Gasteiger partial charge on any atom is -0.369 e. The Bertz CT molecular complexity index is 493. The highest BCUT2D eigenvalue weighted by molar-refractivity contribution is 7.94. The van der Waals surface area contributed by atoms with Crippen LogP contribution >= 0.6 is 11.6 Å². The summed E-state index contributed by atoms with van der Waals surface area (Å²) in [6.07, 6.45) is 0.840. The Morgan fingerprint density at radius 1 is 1.12 bits per heavy atom. The molecule has 2 unspecified atom stereocenters. The van der Waals surface area contributed by atoms with Gasteiger partial charge in [-0.15, -0.1) is 0 Å². The molecule has 0 spiro atoms. The van der Waals surface area contributed by atoms with E-state index in [1.807, 2.05) is 24.3 Å². The molecule has 86 valence electrons. The van der Waals surface area contributed by atoms with E-state index in [1.165, 1.54) is 0 Å². The van der Waals surface area contributed by atoms with Gasteiger partial charge in [-0.05, 0) is 30.7 Å². The van der Waals surface area contributed by atoms with Crippen LogP contribution in [0.25, 0.3) is 0 Å². The Kier molecular flexibility index (Phi) is 2.20. The normalized spacial score (nSPS) is 30.9. The van der Waals surface area contributed by atoms with Gasteiger partial charge in [-0.1, -0.05) is 11.6 Å². The molecule has 4 rings (SSSR count). The number of sulfone groups is 1. The van der Waals surface area contributed by atoms with Crippen molar-refractivity contribution in [1.29, 1.82) is 0 Å². The van der Waals surface area contributed by atoms with Gasteiger partial charge >= 0.3 is 0 Å². The number of rotatable bonds is 1. The van der Waals surface area contributed by atoms with E-state index in [0.29, 0.717) is 18.1 Å². The highest BCUT2D eigenvalue weighted by atomic mass is 35.5. The van der Waals surface area contributed by atoms with Crippen molar-refractivity contribution in [2.45, 2.75) is 16.9 Å². The molecule has 3 aliphatic rings. The largest absolute Gasteiger partial charge is 0.369 e. The maximum atomic E-state index is 11.6. The first kappa shape index (κ1) is 10.4. The zero-order valence-corrected chi connectivity index (χ0v) is 10.2. The number of hydrogen-bond acceptors (Lipinski definition) is 3. The molecule has 3 saturated heterocycles. The van der Waals surface area contributed by atoms with Crippen LogP contribution in [0.3, 0.4) is 0 Å². The third-order valence-electron chi connectivity index (χ3n) is 3.49. The van der Waals surface area contributed by atoms with Gasteiger partial charge in [0.15, 0.2) is 9.84 Å². The van der Waals surface area contributed by atoms with E-state index in [0.717, 1.165) is 12.1 Å². The topological polar surface area (TPSA) is 37.4 Å². The third-order valence-corrected chi connectivity index (χ3v) is 6.29. The fourth-order valence-electron chi connectivity index (χ4n) is 2.50. The van der Waals surface area contributed by atoms with Gasteiger partial charge in [0.1, 0.15) is 0 Å². The van der Waals surface area contributed by atoms with Crippen molar-refractivity contribution in [2.75, 3.05) is 18.0 Å². The summed E-state index contributed by atoms with van der Waals surface area (Å²) >= 11 is 5.82. The van der Waals surface area contributed by atoms with Crippen molar-refractivity contribution in [3.63, 3.8) is 0 Å². The lowest BCUT2D eigenvalue weighted by Crippen LogP contribution is -2.62. The van der Waals surface area contributed by atoms with Crippen molar-refractivity contribution in [3.8, 4) is 0 Å². The van der Waals surface area contributed by atoms with Crippen LogP contribution in [0.4, 0.5) is 5.69 Å². The van der Waals surface area contributed by atoms with Crippen LogP contribution in [0.5, 0.6) is 0 Å². The van der Waals surface area contributed by atoms with Gasteiger partial charge in [0.05, 0.1) is 10.5 Å². The Morgan fingerprint density at radius 2 is 1.69 bits per heavy atom. The smallest absolute Gasteiger partial charge is 0.159 e. The average Bonchev–Trinajstić information content (AvgIpc) is 2.30. The van der Waals surface area contributed by atoms with Crippen LogP contribution in [0.2, 0.25) is 5.02 Å². The molecule has 1 aromatic carbocycles. The van der Waals surface area contributed by atoms with E-state index in [4.69, 9.17) is 11.6 Å². The monoisotopic (exact) mass is 257 g/mol. The van der Waals surface area contributed by atoms with Crippen LogP contribution in [0.15, 0.2) is 24.3 Å². The molecule has 1 aromatic rings. The molecular weight excluding hydrogens is 246 g/mol. The Morgan fingerprint density at radius 3 is 2.19 bits per heavy atom. The van der Waals surface area contributed by atoms with Gasteiger partial charge in [-0.3, -0.25) is 0 Å². The van der Waals surface area contributed by atoms with Crippen molar-refractivity contribution in [3.05, 3.63) is 29.3 Å². The first-order valence-electron chi connectivity index (χ1n) is 5.30. The first-order valence-corrected chi connectivity index (χ1v) is 7.29. The van der Waals surface area contributed by atoms with E-state index >= 15 is 0 Å². The fourth-order valence-corrected chi connectivity index (χ4v) is 4.59. The van der Waals surface area contributed by atoms with E-state index in [9.17, 15) is 8.42 Å². The molecule has 16 heavy (non-hydrogen) atoms. The predicted molar refractivity (Wildman–Crippen MR) is 64.8 cm³/mol. The van der Waals surface area contributed by atoms with Gasteiger partial charge in [-0.25, -0.2) is 8.42 Å². The molecule has 0 N–H and O–H groups in total. The summed E-state index contributed by atoms with van der Waals surface area (Å²) in [7, 11) is -2.78. The van der Waals surface area contributed by atoms with Gasteiger partial charge in [-0.2, -0.15) is 0 Å². The molecule has 0 radical (unpaired) electrons. The minimum absolute atomic E-state index is 0.151. The second-order valence-electron chi connectivity index (χ2n) is 4.45. The standard InChI is InChI=1S/C11H12ClNO2S/c12-8-1-3-9(4-2-8)13-6-10-5-11(7-13)16(10,14)15/h1-4,10-11H,5-7H2. The van der Waals surface area contributed by atoms with Crippen molar-refractivity contribution in [2.24, 2.45) is 0 Å². The summed E-state index contributed by atoms with van der Waals surface area (Å²) in [6, 6.07) is 7.57. The van der Waals surface area contributed by atoms with Gasteiger partial charge in [0, 0.05) is 23.8 Å². The zero-order chi connectivity index (χ0) is 11.3. The molecule has 0 aromatic heterocycles. The van der Waals surface area contributed by atoms with Gasteiger partial charge in [0.25, 0.3) is 0 Å². The summed E-state index contributed by atoms with van der Waals surface area (Å²) in [4.78, 5) is 2.14. The fraction of sp³-hybridized carbons (Fsp3) is 0.455. The van der Waals surface area contributed by atoms with Crippen molar-refractivity contribution < 1.29 is 8.42 Å². The quantitative estimate of drug-likeness (QED) is 0.769. The lowest BCUT2D eigenvalue weighted by atomic mass is 10.1. The number of halogens is 1. The van der Waals surface area contributed by atoms with E-state index in [2.05, 4.69) is 4.90 Å². The summed E-state index contributed by atoms with van der Waals surface area (Å²) < 4.78 is 23.2. The lowest BCUT2D eigenvalue weighted by molar-refractivity contribution is 0.460. The van der Waals surface area contributed by atoms with Crippen molar-refractivity contribution >= 4 is 27.1 Å². The first-order chi connectivity index (χ1) is 7.57. The highest BCUT2D eigenvalue weighted by Gasteiger charge is 2.51. The number of anilines is 1. The summed E-state index contributed by atoms with van der Waals surface area (Å²) in [5.41, 5.74) is 1.06. The van der Waals surface area contributed by atoms with Crippen molar-refractivity contribution in [1.82, 2.24) is 0 Å². The number of fused-ring (bicyclic) bond motifs is 2. The molecule has 0 aliphatic carbocycles. The van der Waals surface area contributed by atoms with Crippen LogP contribution in [0.1, 0.15) is 6.42 Å². The van der Waals surface area contributed by atoms with E-state index in [1.54, 1.807) is 0 Å². The van der Waals surface area contributed by atoms with E-state index < -0.39 is 9.84 Å². The molecule has 5 heteroatoms. The molecule has 3 fully saturated rings. The van der Waals surface area contributed by atoms with E-state index in [-0.39, 0.29) is 10.5 Å². The second-order valence-corrected chi connectivity index (χ2v) is 7.40. The number of benzene rings is 1. The Hall–Kier alpha value is -0.740. The average molecular weight is 258 g/mol. The molecule has 0 amide bonds. The summed E-state index contributed by atoms with van der Waals surface area (Å²) in [5.74, 6) is 0. The van der Waals surface area contributed by atoms with Gasteiger partial charge < -0.3 is 4.90 Å². The summed E-state index contributed by atoms with van der Waals surface area (Å²) in [5, 5.41) is 0.405. The van der Waals surface area contributed by atoms with Crippen LogP contribution < -0.4 is 4.90 Å². The SMILES string of the molecule is O=S1(=O)C2CC1CN(c1ccc(Cl)cc1)C2. The number of nitrogens with zero attached hydrogens (tertiary/aromatic N) is 1. The molecule has 2 bridgehead atoms. The number of piperidine rings is 1. The number of hydrogen-bond donors (Lipinski definition) is 0. The maximum Gasteiger partial charge on any atom is 0.159 e. The van der Waals surface area contributed by atoms with Crippen LogP contribution in [-0.2, 0) is 9.84 Å². The summed E-state index contributed by atoms with van der Waals surface area (Å²) in [6.45, 7) is 1.25. The lowest BCUT2D eigenvalue weighted by Gasteiger charge is -2.47. The third kappa shape index (κ3) is 1.44. The zero-order valence-electron chi connectivity index (χ0n) is 8.64. The molecular formula is C11H12ClNO2S. The Balaban J connectivity index is 1.83. The minimum atomic E-state index is -2.78. The highest BCUT2D eigenvalue weighted by Crippen LogP contribution is 2.37. The predicted octanol–water partition coefficient (Wildman–Crippen LogP) is 1.72.